The van der Waals surface area contributed by atoms with Crippen LogP contribution in [0.4, 0.5) is 0 Å². The molecule has 4 aromatic rings. The Morgan fingerprint density at radius 2 is 1.77 bits per heavy atom. The number of hydrogen-bond donors (Lipinski definition) is 0. The molecular weight excluding hydrogens is 460 g/mol. The molecule has 1 amide bonds. The molecule has 3 heterocycles. The van der Waals surface area contributed by atoms with Crippen molar-refractivity contribution in [2.45, 2.75) is 19.9 Å². The number of piperazine rings is 1. The van der Waals surface area contributed by atoms with Crippen LogP contribution in [0.15, 0.2) is 70.8 Å². The first-order valence-electron chi connectivity index (χ1n) is 11.9. The summed E-state index contributed by atoms with van der Waals surface area (Å²) in [6.45, 7) is 7.18. The maximum atomic E-state index is 13.8. The van der Waals surface area contributed by atoms with Crippen LogP contribution < -0.4 is 10.3 Å². The average Bonchev–Trinajstić information content (AvgIpc) is 3.44. The highest BCUT2D eigenvalue weighted by Crippen LogP contribution is 2.28. The summed E-state index contributed by atoms with van der Waals surface area (Å²) < 4.78 is 7.57. The van der Waals surface area contributed by atoms with E-state index in [1.165, 1.54) is 11.3 Å². The van der Waals surface area contributed by atoms with Gasteiger partial charge in [-0.25, -0.2) is 4.98 Å². The molecule has 0 spiro atoms. The Balaban J connectivity index is 1.51. The van der Waals surface area contributed by atoms with E-state index in [0.29, 0.717) is 61.0 Å². The van der Waals surface area contributed by atoms with E-state index in [0.717, 1.165) is 4.88 Å². The van der Waals surface area contributed by atoms with Crippen molar-refractivity contribution in [3.8, 4) is 11.4 Å². The fraction of sp³-hybridized carbons (Fsp3) is 0.296. The predicted molar refractivity (Wildman–Crippen MR) is 139 cm³/mol. The van der Waals surface area contributed by atoms with Crippen LogP contribution in [0.1, 0.15) is 35.4 Å². The van der Waals surface area contributed by atoms with Crippen LogP contribution in [0.25, 0.3) is 16.6 Å². The van der Waals surface area contributed by atoms with Crippen LogP contribution in [0.3, 0.4) is 0 Å². The number of amides is 1. The van der Waals surface area contributed by atoms with Crippen LogP contribution in [-0.2, 0) is 0 Å². The Labute approximate surface area is 208 Å². The molecule has 180 valence electrons. The van der Waals surface area contributed by atoms with E-state index >= 15 is 0 Å². The average molecular weight is 489 g/mol. The number of hydrogen-bond acceptors (Lipinski definition) is 6. The van der Waals surface area contributed by atoms with Gasteiger partial charge in [0.05, 0.1) is 34.1 Å². The second-order valence-corrected chi connectivity index (χ2v) is 9.46. The first-order chi connectivity index (χ1) is 17.1. The highest BCUT2D eigenvalue weighted by Gasteiger charge is 2.29. The van der Waals surface area contributed by atoms with Crippen molar-refractivity contribution in [1.29, 1.82) is 0 Å². The smallest absolute Gasteiger partial charge is 0.266 e. The van der Waals surface area contributed by atoms with Gasteiger partial charge in [-0.1, -0.05) is 30.3 Å². The molecule has 0 radical (unpaired) electrons. The zero-order valence-corrected chi connectivity index (χ0v) is 20.7. The van der Waals surface area contributed by atoms with E-state index in [9.17, 15) is 9.59 Å². The van der Waals surface area contributed by atoms with Crippen LogP contribution >= 0.6 is 11.3 Å². The minimum atomic E-state index is -0.138. The van der Waals surface area contributed by atoms with Gasteiger partial charge in [-0.3, -0.25) is 19.1 Å². The molecule has 7 nitrogen and oxygen atoms in total. The van der Waals surface area contributed by atoms with E-state index < -0.39 is 0 Å². The van der Waals surface area contributed by atoms with E-state index in [4.69, 9.17) is 9.72 Å². The SMILES string of the molecule is CCOc1ccccc1-n1c(C(C)N2CCN(C(=O)c3cccs3)CC2)nc2ccccc2c1=O. The Bertz CT molecular complexity index is 1390. The summed E-state index contributed by atoms with van der Waals surface area (Å²) in [5.74, 6) is 1.39. The van der Waals surface area contributed by atoms with Gasteiger partial charge in [0.2, 0.25) is 0 Å². The molecule has 0 aliphatic carbocycles. The van der Waals surface area contributed by atoms with Gasteiger partial charge in [-0.2, -0.15) is 0 Å². The van der Waals surface area contributed by atoms with Gasteiger partial charge >= 0.3 is 0 Å². The third-order valence-electron chi connectivity index (χ3n) is 6.46. The predicted octanol–water partition coefficient (Wildman–Crippen LogP) is 4.36. The molecule has 1 saturated heterocycles. The summed E-state index contributed by atoms with van der Waals surface area (Å²) in [7, 11) is 0. The van der Waals surface area contributed by atoms with Crippen LogP contribution in [-0.4, -0.2) is 58.0 Å². The molecule has 2 aromatic carbocycles. The summed E-state index contributed by atoms with van der Waals surface area (Å²) >= 11 is 1.47. The van der Waals surface area contributed by atoms with Crippen LogP contribution in [0, 0.1) is 0 Å². The molecule has 1 aliphatic heterocycles. The summed E-state index contributed by atoms with van der Waals surface area (Å²) in [6, 6.07) is 18.7. The van der Waals surface area contributed by atoms with Crippen LogP contribution in [0.5, 0.6) is 5.75 Å². The molecule has 0 saturated carbocycles. The van der Waals surface area contributed by atoms with Crippen molar-refractivity contribution in [2.75, 3.05) is 32.8 Å². The van der Waals surface area contributed by atoms with Gasteiger partial charge in [0, 0.05) is 26.2 Å². The van der Waals surface area contributed by atoms with Crippen molar-refractivity contribution >= 4 is 28.1 Å². The number of fused-ring (bicyclic) bond motifs is 1. The van der Waals surface area contributed by atoms with Crippen molar-refractivity contribution in [3.63, 3.8) is 0 Å². The second-order valence-electron chi connectivity index (χ2n) is 8.51. The highest BCUT2D eigenvalue weighted by atomic mass is 32.1. The molecule has 1 aliphatic rings. The number of benzene rings is 2. The van der Waals surface area contributed by atoms with E-state index in [1.807, 2.05) is 77.9 Å². The van der Waals surface area contributed by atoms with Crippen molar-refractivity contribution in [1.82, 2.24) is 19.4 Å². The van der Waals surface area contributed by atoms with Crippen molar-refractivity contribution < 1.29 is 9.53 Å². The first kappa shape index (κ1) is 23.3. The molecule has 1 atom stereocenters. The Hall–Kier alpha value is -3.49. The Kier molecular flexibility index (Phi) is 6.66. The molecule has 0 bridgehead atoms. The Morgan fingerprint density at radius 3 is 2.51 bits per heavy atom. The topological polar surface area (TPSA) is 67.7 Å². The van der Waals surface area contributed by atoms with E-state index in [-0.39, 0.29) is 17.5 Å². The third kappa shape index (κ3) is 4.47. The lowest BCUT2D eigenvalue weighted by molar-refractivity contribution is 0.0578. The number of carbonyl (C=O) groups is 1. The third-order valence-corrected chi connectivity index (χ3v) is 7.32. The number of ether oxygens (including phenoxy) is 1. The molecule has 2 aromatic heterocycles. The van der Waals surface area contributed by atoms with Gasteiger partial charge in [-0.15, -0.1) is 11.3 Å². The molecule has 1 unspecified atom stereocenters. The first-order valence-corrected chi connectivity index (χ1v) is 12.8. The van der Waals surface area contributed by atoms with Crippen LogP contribution in [0.2, 0.25) is 0 Å². The zero-order valence-electron chi connectivity index (χ0n) is 19.9. The van der Waals surface area contributed by atoms with Gasteiger partial charge in [-0.05, 0) is 49.6 Å². The number of thiophene rings is 1. The summed E-state index contributed by atoms with van der Waals surface area (Å²) in [4.78, 5) is 36.5. The molecule has 1 fully saturated rings. The minimum absolute atomic E-state index is 0.0821. The number of rotatable bonds is 6. The lowest BCUT2D eigenvalue weighted by atomic mass is 10.1. The standard InChI is InChI=1S/C27H28N4O3S/c1-3-34-23-12-7-6-11-22(23)31-25(28-21-10-5-4-9-20(21)26(31)32)19(2)29-14-16-30(17-15-29)27(33)24-13-8-18-35-24/h4-13,18-19H,3,14-17H2,1-2H3. The molecule has 0 N–H and O–H groups in total. The lowest BCUT2D eigenvalue weighted by Crippen LogP contribution is -2.49. The van der Waals surface area contributed by atoms with Crippen molar-refractivity contribution in [3.05, 3.63) is 87.1 Å². The second kappa shape index (κ2) is 10.0. The summed E-state index contributed by atoms with van der Waals surface area (Å²) in [6.07, 6.45) is 0. The Morgan fingerprint density at radius 1 is 1.03 bits per heavy atom. The quantitative estimate of drug-likeness (QED) is 0.403. The van der Waals surface area contributed by atoms with Crippen molar-refractivity contribution in [2.24, 2.45) is 0 Å². The number of nitrogens with zero attached hydrogens (tertiary/aromatic N) is 4. The van der Waals surface area contributed by atoms with Gasteiger partial charge in [0.15, 0.2) is 0 Å². The number of aromatic nitrogens is 2. The molecule has 35 heavy (non-hydrogen) atoms. The highest BCUT2D eigenvalue weighted by molar-refractivity contribution is 7.12. The lowest BCUT2D eigenvalue weighted by Gasteiger charge is -2.38. The molecular formula is C27H28N4O3S. The zero-order chi connectivity index (χ0) is 24.4. The monoisotopic (exact) mass is 488 g/mol. The van der Waals surface area contributed by atoms with Gasteiger partial charge < -0.3 is 9.64 Å². The maximum Gasteiger partial charge on any atom is 0.266 e. The summed E-state index contributed by atoms with van der Waals surface area (Å²) in [5.41, 5.74) is 1.25. The fourth-order valence-electron chi connectivity index (χ4n) is 4.61. The summed E-state index contributed by atoms with van der Waals surface area (Å²) in [5, 5.41) is 2.50. The largest absolute Gasteiger partial charge is 0.492 e. The normalized spacial score (nSPS) is 15.3. The van der Waals surface area contributed by atoms with Gasteiger partial charge in [0.25, 0.3) is 11.5 Å². The number of para-hydroxylation sites is 3. The minimum Gasteiger partial charge on any atom is -0.492 e. The van der Waals surface area contributed by atoms with Gasteiger partial charge in [0.1, 0.15) is 11.6 Å². The number of carbonyl (C=O) groups excluding carboxylic acids is 1. The maximum absolute atomic E-state index is 13.8. The fourth-order valence-corrected chi connectivity index (χ4v) is 5.30. The van der Waals surface area contributed by atoms with E-state index in [2.05, 4.69) is 11.8 Å². The molecule has 8 heteroatoms. The van der Waals surface area contributed by atoms with E-state index in [1.54, 1.807) is 4.57 Å². The molecule has 5 rings (SSSR count).